The maximum atomic E-state index is 12.8. The number of carbonyl (C=O) groups excluding carboxylic acids is 2. The molecule has 1 aliphatic rings. The minimum absolute atomic E-state index is 0.0829. The molecule has 2 amide bonds. The number of amides is 2. The molecule has 2 aromatic rings. The Morgan fingerprint density at radius 2 is 1.75 bits per heavy atom. The number of nitrogens with zero attached hydrogens (tertiary/aromatic N) is 2. The highest BCUT2D eigenvalue weighted by Crippen LogP contribution is 2.19. The Morgan fingerprint density at radius 3 is 2.36 bits per heavy atom. The van der Waals surface area contributed by atoms with E-state index >= 15 is 0 Å². The summed E-state index contributed by atoms with van der Waals surface area (Å²) in [5.74, 6) is 0.707. The van der Waals surface area contributed by atoms with E-state index in [2.05, 4.69) is 12.2 Å². The van der Waals surface area contributed by atoms with Gasteiger partial charge in [0.25, 0.3) is 17.4 Å². The Bertz CT molecular complexity index is 926. The molecule has 3 rings (SSSR count). The van der Waals surface area contributed by atoms with Gasteiger partial charge in [-0.1, -0.05) is 6.92 Å². The highest BCUT2D eigenvalue weighted by atomic mass is 16.5. The number of benzene rings is 1. The predicted octanol–water partition coefficient (Wildman–Crippen LogP) is 2.52. The van der Waals surface area contributed by atoms with Crippen molar-refractivity contribution in [1.82, 2.24) is 9.47 Å². The van der Waals surface area contributed by atoms with Crippen molar-refractivity contribution in [1.29, 1.82) is 0 Å². The van der Waals surface area contributed by atoms with Crippen LogP contribution in [0.2, 0.25) is 0 Å². The number of ether oxygens (including phenoxy) is 1. The maximum Gasteiger partial charge on any atom is 0.274 e. The van der Waals surface area contributed by atoms with Gasteiger partial charge in [-0.2, -0.15) is 0 Å². The molecule has 2 heterocycles. The van der Waals surface area contributed by atoms with Crippen LogP contribution in [0, 0.1) is 5.92 Å². The molecule has 7 nitrogen and oxygen atoms in total. The summed E-state index contributed by atoms with van der Waals surface area (Å²) in [6.45, 7) is 3.59. The fourth-order valence-electron chi connectivity index (χ4n) is 3.25. The topological polar surface area (TPSA) is 80.6 Å². The minimum atomic E-state index is -0.420. The molecule has 0 bridgehead atoms. The summed E-state index contributed by atoms with van der Waals surface area (Å²) in [5.41, 5.74) is 0.497. The first-order valence-corrected chi connectivity index (χ1v) is 9.34. The largest absolute Gasteiger partial charge is 0.497 e. The molecule has 0 saturated carbocycles. The summed E-state index contributed by atoms with van der Waals surface area (Å²) >= 11 is 0. The van der Waals surface area contributed by atoms with Crippen molar-refractivity contribution in [3.63, 3.8) is 0 Å². The molecular formula is C21H25N3O4. The lowest BCUT2D eigenvalue weighted by Gasteiger charge is -2.30. The van der Waals surface area contributed by atoms with E-state index in [1.165, 1.54) is 16.8 Å². The molecule has 1 aromatic carbocycles. The van der Waals surface area contributed by atoms with Crippen LogP contribution in [0.3, 0.4) is 0 Å². The number of pyridine rings is 1. The van der Waals surface area contributed by atoms with E-state index in [1.807, 2.05) is 0 Å². The summed E-state index contributed by atoms with van der Waals surface area (Å²) in [6.07, 6.45) is 3.46. The van der Waals surface area contributed by atoms with Crippen molar-refractivity contribution in [3.05, 3.63) is 58.0 Å². The summed E-state index contributed by atoms with van der Waals surface area (Å²) < 4.78 is 6.40. The molecule has 0 atom stereocenters. The molecule has 0 aliphatic carbocycles. The van der Waals surface area contributed by atoms with E-state index in [0.717, 1.165) is 12.8 Å². The second-order valence-electron chi connectivity index (χ2n) is 7.22. The van der Waals surface area contributed by atoms with Gasteiger partial charge in [0, 0.05) is 31.9 Å². The molecule has 148 valence electrons. The fraction of sp³-hybridized carbons (Fsp3) is 0.381. The van der Waals surface area contributed by atoms with Gasteiger partial charge in [0.1, 0.15) is 11.4 Å². The fourth-order valence-corrected chi connectivity index (χ4v) is 3.25. The van der Waals surface area contributed by atoms with Crippen molar-refractivity contribution in [2.75, 3.05) is 25.5 Å². The molecule has 1 N–H and O–H groups in total. The third-order valence-corrected chi connectivity index (χ3v) is 5.10. The van der Waals surface area contributed by atoms with Gasteiger partial charge in [-0.25, -0.2) is 0 Å². The van der Waals surface area contributed by atoms with Crippen molar-refractivity contribution in [3.8, 4) is 5.75 Å². The average molecular weight is 383 g/mol. The van der Waals surface area contributed by atoms with E-state index in [4.69, 9.17) is 4.74 Å². The number of hydrogen-bond donors (Lipinski definition) is 1. The van der Waals surface area contributed by atoms with Gasteiger partial charge in [0.15, 0.2) is 0 Å². The third kappa shape index (κ3) is 4.24. The Hall–Kier alpha value is -3.09. The molecular weight excluding hydrogens is 358 g/mol. The lowest BCUT2D eigenvalue weighted by Crippen LogP contribution is -2.38. The normalized spacial score (nSPS) is 14.6. The van der Waals surface area contributed by atoms with Crippen LogP contribution < -0.4 is 15.6 Å². The first-order chi connectivity index (χ1) is 13.4. The number of aromatic nitrogens is 1. The monoisotopic (exact) mass is 383 g/mol. The SMILES string of the molecule is COc1ccc(C(=O)Nc2cc(C(=O)N3CCC(C)CC3)cn(C)c2=O)cc1. The van der Waals surface area contributed by atoms with Crippen LogP contribution in [0.1, 0.15) is 40.5 Å². The van der Waals surface area contributed by atoms with E-state index in [-0.39, 0.29) is 17.2 Å². The molecule has 28 heavy (non-hydrogen) atoms. The van der Waals surface area contributed by atoms with Gasteiger partial charge >= 0.3 is 0 Å². The first-order valence-electron chi connectivity index (χ1n) is 9.34. The van der Waals surface area contributed by atoms with Crippen molar-refractivity contribution >= 4 is 17.5 Å². The van der Waals surface area contributed by atoms with Gasteiger partial charge in [0.05, 0.1) is 12.7 Å². The molecule has 1 fully saturated rings. The Balaban J connectivity index is 1.81. The quantitative estimate of drug-likeness (QED) is 0.880. The number of nitrogens with one attached hydrogen (secondary N) is 1. The van der Waals surface area contributed by atoms with Crippen LogP contribution in [0.15, 0.2) is 41.3 Å². The second kappa shape index (κ2) is 8.29. The zero-order chi connectivity index (χ0) is 20.3. The van der Waals surface area contributed by atoms with Gasteiger partial charge in [-0.05, 0) is 49.1 Å². The maximum absolute atomic E-state index is 12.8. The predicted molar refractivity (Wildman–Crippen MR) is 107 cm³/mol. The Labute approximate surface area is 163 Å². The highest BCUT2D eigenvalue weighted by Gasteiger charge is 2.23. The zero-order valence-electron chi connectivity index (χ0n) is 16.4. The lowest BCUT2D eigenvalue weighted by molar-refractivity contribution is 0.0696. The smallest absolute Gasteiger partial charge is 0.274 e. The summed E-state index contributed by atoms with van der Waals surface area (Å²) in [7, 11) is 3.12. The van der Waals surface area contributed by atoms with Crippen LogP contribution in [-0.4, -0.2) is 41.5 Å². The van der Waals surface area contributed by atoms with Crippen LogP contribution in [0.4, 0.5) is 5.69 Å². The highest BCUT2D eigenvalue weighted by molar-refractivity contribution is 6.05. The number of anilines is 1. The number of methoxy groups -OCH3 is 1. The number of aryl methyl sites for hydroxylation is 1. The van der Waals surface area contributed by atoms with Crippen LogP contribution in [-0.2, 0) is 7.05 Å². The number of hydrogen-bond acceptors (Lipinski definition) is 4. The minimum Gasteiger partial charge on any atom is -0.497 e. The van der Waals surface area contributed by atoms with Crippen LogP contribution >= 0.6 is 0 Å². The van der Waals surface area contributed by atoms with E-state index in [9.17, 15) is 14.4 Å². The molecule has 1 aromatic heterocycles. The lowest BCUT2D eigenvalue weighted by atomic mass is 9.99. The van der Waals surface area contributed by atoms with E-state index < -0.39 is 5.91 Å². The molecule has 1 saturated heterocycles. The summed E-state index contributed by atoms with van der Waals surface area (Å²) in [4.78, 5) is 39.6. The summed E-state index contributed by atoms with van der Waals surface area (Å²) in [6, 6.07) is 8.03. The number of likely N-dealkylation sites (tertiary alicyclic amines) is 1. The van der Waals surface area contributed by atoms with Gasteiger partial charge in [-0.3, -0.25) is 14.4 Å². The van der Waals surface area contributed by atoms with E-state index in [0.29, 0.717) is 35.9 Å². The first kappa shape index (κ1) is 19.7. The van der Waals surface area contributed by atoms with Gasteiger partial charge < -0.3 is 19.5 Å². The van der Waals surface area contributed by atoms with E-state index in [1.54, 1.807) is 43.3 Å². The van der Waals surface area contributed by atoms with Gasteiger partial charge in [-0.15, -0.1) is 0 Å². The molecule has 7 heteroatoms. The number of carbonyl (C=O) groups is 2. The van der Waals surface area contributed by atoms with Crippen molar-refractivity contribution < 1.29 is 14.3 Å². The van der Waals surface area contributed by atoms with Crippen molar-refractivity contribution in [2.45, 2.75) is 19.8 Å². The average Bonchev–Trinajstić information content (AvgIpc) is 2.71. The molecule has 0 spiro atoms. The number of rotatable bonds is 4. The second-order valence-corrected chi connectivity index (χ2v) is 7.22. The number of piperidine rings is 1. The third-order valence-electron chi connectivity index (χ3n) is 5.10. The van der Waals surface area contributed by atoms with Crippen LogP contribution in [0.5, 0.6) is 5.75 Å². The summed E-state index contributed by atoms with van der Waals surface area (Å²) in [5, 5.41) is 2.63. The van der Waals surface area contributed by atoms with Crippen LogP contribution in [0.25, 0.3) is 0 Å². The molecule has 0 radical (unpaired) electrons. The zero-order valence-corrected chi connectivity index (χ0v) is 16.4. The molecule has 1 aliphatic heterocycles. The Kier molecular flexibility index (Phi) is 5.82. The van der Waals surface area contributed by atoms with Crippen molar-refractivity contribution in [2.24, 2.45) is 13.0 Å². The standard InChI is InChI=1S/C21H25N3O4/c1-14-8-10-24(11-9-14)20(26)16-12-18(21(27)23(2)13-16)22-19(25)15-4-6-17(28-3)7-5-15/h4-7,12-14H,8-11H2,1-3H3,(H,22,25). The van der Waals surface area contributed by atoms with Gasteiger partial charge in [0.2, 0.25) is 0 Å². The molecule has 0 unspecified atom stereocenters. The Morgan fingerprint density at radius 1 is 1.11 bits per heavy atom.